The highest BCUT2D eigenvalue weighted by molar-refractivity contribution is 8.00. The molecule has 0 spiro atoms. The van der Waals surface area contributed by atoms with Crippen LogP contribution in [0.15, 0.2) is 0 Å². The predicted molar refractivity (Wildman–Crippen MR) is 80.6 cm³/mol. The number of thioether (sulfide) groups is 1. The molecule has 0 unspecified atom stereocenters. The fourth-order valence-corrected chi connectivity index (χ4v) is 4.24. The molecule has 0 aromatic carbocycles. The Morgan fingerprint density at radius 1 is 1.35 bits per heavy atom. The van der Waals surface area contributed by atoms with Gasteiger partial charge in [-0.15, -0.1) is 0 Å². The molecular formula is C13H24N4O2S. The summed E-state index contributed by atoms with van der Waals surface area (Å²) in [5, 5.41) is 9.27. The van der Waals surface area contributed by atoms with Crippen LogP contribution in [0.3, 0.4) is 0 Å². The molecular weight excluding hydrogens is 276 g/mol. The third-order valence-corrected chi connectivity index (χ3v) is 5.29. The Bertz CT molecular complexity index is 353. The van der Waals surface area contributed by atoms with Crippen molar-refractivity contribution in [3.05, 3.63) is 0 Å². The second kappa shape index (κ2) is 7.73. The van der Waals surface area contributed by atoms with Gasteiger partial charge in [-0.2, -0.15) is 11.8 Å². The fourth-order valence-electron chi connectivity index (χ4n) is 2.69. The van der Waals surface area contributed by atoms with E-state index in [4.69, 9.17) is 5.73 Å². The highest BCUT2D eigenvalue weighted by atomic mass is 32.2. The second-order valence-electron chi connectivity index (χ2n) is 5.36. The summed E-state index contributed by atoms with van der Waals surface area (Å²) in [7, 11) is 0. The Morgan fingerprint density at radius 2 is 2.20 bits per heavy atom. The van der Waals surface area contributed by atoms with Crippen LogP contribution in [-0.2, 0) is 4.79 Å². The molecule has 0 aliphatic carbocycles. The molecule has 2 fully saturated rings. The number of hydrogen-bond donors (Lipinski definition) is 4. The smallest absolute Gasteiger partial charge is 0.315 e. The van der Waals surface area contributed by atoms with Crippen LogP contribution >= 0.6 is 11.8 Å². The SMILES string of the molecule is NCCCNC(=O)CCCC[C@@H]1SC[C@@H]2NC(=O)N[C@@H]21. The number of carbonyl (C=O) groups excluding carboxylic acids is 2. The normalized spacial score (nSPS) is 27.9. The molecule has 0 bridgehead atoms. The Balaban J connectivity index is 1.55. The van der Waals surface area contributed by atoms with Crippen molar-refractivity contribution in [3.8, 4) is 0 Å². The van der Waals surface area contributed by atoms with Crippen molar-refractivity contribution in [1.29, 1.82) is 0 Å². The predicted octanol–water partition coefficient (Wildman–Crippen LogP) is 0.177. The van der Waals surface area contributed by atoms with Crippen molar-refractivity contribution in [2.75, 3.05) is 18.8 Å². The zero-order valence-electron chi connectivity index (χ0n) is 11.7. The van der Waals surface area contributed by atoms with Crippen LogP contribution < -0.4 is 21.7 Å². The summed E-state index contributed by atoms with van der Waals surface area (Å²) in [6.07, 6.45) is 4.41. The minimum atomic E-state index is -0.0374. The maximum atomic E-state index is 11.5. The van der Waals surface area contributed by atoms with Gasteiger partial charge >= 0.3 is 6.03 Å². The van der Waals surface area contributed by atoms with E-state index >= 15 is 0 Å². The third-order valence-electron chi connectivity index (χ3n) is 3.78. The van der Waals surface area contributed by atoms with Gasteiger partial charge in [0.15, 0.2) is 0 Å². The van der Waals surface area contributed by atoms with E-state index in [0.717, 1.165) is 31.4 Å². The van der Waals surface area contributed by atoms with Gasteiger partial charge in [0, 0.05) is 24.0 Å². The first-order valence-corrected chi connectivity index (χ1v) is 8.41. The van der Waals surface area contributed by atoms with Crippen molar-refractivity contribution in [2.24, 2.45) is 5.73 Å². The van der Waals surface area contributed by atoms with Gasteiger partial charge in [0.05, 0.1) is 12.1 Å². The monoisotopic (exact) mass is 300 g/mol. The van der Waals surface area contributed by atoms with E-state index in [9.17, 15) is 9.59 Å². The van der Waals surface area contributed by atoms with Gasteiger partial charge in [0.1, 0.15) is 0 Å². The van der Waals surface area contributed by atoms with Crippen molar-refractivity contribution in [3.63, 3.8) is 0 Å². The lowest BCUT2D eigenvalue weighted by Gasteiger charge is -2.16. The molecule has 2 aliphatic rings. The first kappa shape index (κ1) is 15.4. The van der Waals surface area contributed by atoms with Gasteiger partial charge in [0.25, 0.3) is 0 Å². The summed E-state index contributed by atoms with van der Waals surface area (Å²) < 4.78 is 0. The number of hydrogen-bond acceptors (Lipinski definition) is 4. The molecule has 6 nitrogen and oxygen atoms in total. The summed E-state index contributed by atoms with van der Waals surface area (Å²) in [4.78, 5) is 22.8. The van der Waals surface area contributed by atoms with Crippen molar-refractivity contribution in [1.82, 2.24) is 16.0 Å². The molecule has 0 aromatic heterocycles. The molecule has 7 heteroatoms. The third kappa shape index (κ3) is 4.28. The van der Waals surface area contributed by atoms with Gasteiger partial charge in [-0.05, 0) is 25.8 Å². The number of unbranched alkanes of at least 4 members (excludes halogenated alkanes) is 1. The maximum absolute atomic E-state index is 11.5. The lowest BCUT2D eigenvalue weighted by molar-refractivity contribution is -0.121. The Morgan fingerprint density at radius 3 is 3.00 bits per heavy atom. The number of nitrogens with one attached hydrogen (secondary N) is 3. The van der Waals surface area contributed by atoms with Crippen LogP contribution in [0.4, 0.5) is 4.79 Å². The van der Waals surface area contributed by atoms with E-state index in [1.165, 1.54) is 0 Å². The number of fused-ring (bicyclic) bond motifs is 1. The molecule has 3 amide bonds. The molecule has 2 saturated heterocycles. The number of amides is 3. The molecule has 2 rings (SSSR count). The summed E-state index contributed by atoms with van der Waals surface area (Å²) >= 11 is 1.92. The van der Waals surface area contributed by atoms with Crippen molar-refractivity contribution < 1.29 is 9.59 Å². The molecule has 0 radical (unpaired) electrons. The lowest BCUT2D eigenvalue weighted by Crippen LogP contribution is -2.36. The standard InChI is InChI=1S/C13H24N4O2S/c14-6-3-7-15-11(18)5-2-1-4-10-12-9(8-20-10)16-13(19)17-12/h9-10,12H,1-8,14H2,(H,15,18)(H2,16,17,19)/t9-,10-,12-/m0/s1. The molecule has 2 heterocycles. The first-order valence-electron chi connectivity index (χ1n) is 7.36. The highest BCUT2D eigenvalue weighted by Gasteiger charge is 2.42. The zero-order chi connectivity index (χ0) is 14.4. The first-order chi connectivity index (χ1) is 9.70. The van der Waals surface area contributed by atoms with Crippen LogP contribution in [0.5, 0.6) is 0 Å². The van der Waals surface area contributed by atoms with Gasteiger partial charge in [-0.3, -0.25) is 4.79 Å². The average Bonchev–Trinajstić information content (AvgIpc) is 2.95. The molecule has 2 aliphatic heterocycles. The van der Waals surface area contributed by atoms with E-state index in [1.807, 2.05) is 11.8 Å². The van der Waals surface area contributed by atoms with E-state index in [-0.39, 0.29) is 24.0 Å². The van der Waals surface area contributed by atoms with E-state index in [1.54, 1.807) is 0 Å². The topological polar surface area (TPSA) is 96.2 Å². The second-order valence-corrected chi connectivity index (χ2v) is 6.63. The Kier molecular flexibility index (Phi) is 5.97. The minimum Gasteiger partial charge on any atom is -0.356 e. The molecule has 0 aromatic rings. The van der Waals surface area contributed by atoms with Crippen LogP contribution in [-0.4, -0.2) is 48.1 Å². The minimum absolute atomic E-state index is 0.0374. The number of nitrogens with two attached hydrogens (primary N) is 1. The maximum Gasteiger partial charge on any atom is 0.315 e. The Labute approximate surface area is 124 Å². The fraction of sp³-hybridized carbons (Fsp3) is 0.846. The van der Waals surface area contributed by atoms with Crippen molar-refractivity contribution in [2.45, 2.75) is 49.4 Å². The average molecular weight is 300 g/mol. The lowest BCUT2D eigenvalue weighted by atomic mass is 10.0. The molecule has 20 heavy (non-hydrogen) atoms. The summed E-state index contributed by atoms with van der Waals surface area (Å²) in [5.74, 6) is 1.11. The van der Waals surface area contributed by atoms with Gasteiger partial charge < -0.3 is 21.7 Å². The number of urea groups is 1. The van der Waals surface area contributed by atoms with E-state index in [0.29, 0.717) is 24.8 Å². The summed E-state index contributed by atoms with van der Waals surface area (Å²) in [5.41, 5.74) is 5.37. The van der Waals surface area contributed by atoms with Gasteiger partial charge in [-0.1, -0.05) is 6.42 Å². The Hall–Kier alpha value is -0.950. The molecule has 5 N–H and O–H groups in total. The van der Waals surface area contributed by atoms with Crippen LogP contribution in [0.25, 0.3) is 0 Å². The summed E-state index contributed by atoms with van der Waals surface area (Å²) in [6, 6.07) is 0.521. The quantitative estimate of drug-likeness (QED) is 0.380. The molecule has 0 saturated carbocycles. The van der Waals surface area contributed by atoms with Gasteiger partial charge in [-0.25, -0.2) is 4.79 Å². The van der Waals surface area contributed by atoms with Crippen LogP contribution in [0, 0.1) is 0 Å². The van der Waals surface area contributed by atoms with Gasteiger partial charge in [0.2, 0.25) is 5.91 Å². The molecule has 3 atom stereocenters. The molecule has 114 valence electrons. The van der Waals surface area contributed by atoms with E-state index in [2.05, 4.69) is 16.0 Å². The van der Waals surface area contributed by atoms with Crippen LogP contribution in [0.1, 0.15) is 32.1 Å². The van der Waals surface area contributed by atoms with E-state index < -0.39 is 0 Å². The van der Waals surface area contributed by atoms with Crippen LogP contribution in [0.2, 0.25) is 0 Å². The highest BCUT2D eigenvalue weighted by Crippen LogP contribution is 2.33. The van der Waals surface area contributed by atoms with Crippen molar-refractivity contribution >= 4 is 23.7 Å². The summed E-state index contributed by atoms with van der Waals surface area (Å²) in [6.45, 7) is 1.29. The number of carbonyl (C=O) groups is 2. The number of rotatable bonds is 8. The zero-order valence-corrected chi connectivity index (χ0v) is 12.5. The largest absolute Gasteiger partial charge is 0.356 e.